The minimum absolute atomic E-state index is 0.0936. The predicted molar refractivity (Wildman–Crippen MR) is 68.0 cm³/mol. The van der Waals surface area contributed by atoms with E-state index in [2.05, 4.69) is 22.5 Å². The monoisotopic (exact) mass is 243 g/mol. The van der Waals surface area contributed by atoms with E-state index in [4.69, 9.17) is 4.74 Å². The summed E-state index contributed by atoms with van der Waals surface area (Å²) in [5.74, 6) is 0.0936. The Morgan fingerprint density at radius 3 is 2.71 bits per heavy atom. The van der Waals surface area contributed by atoms with Gasteiger partial charge >= 0.3 is 0 Å². The van der Waals surface area contributed by atoms with Crippen molar-refractivity contribution in [1.29, 1.82) is 0 Å². The highest BCUT2D eigenvalue weighted by Crippen LogP contribution is 2.09. The zero-order chi connectivity index (χ0) is 12.5. The third-order valence-electron chi connectivity index (χ3n) is 3.17. The Hall–Kier alpha value is -0.650. The summed E-state index contributed by atoms with van der Waals surface area (Å²) in [5, 5.41) is 6.12. The van der Waals surface area contributed by atoms with E-state index in [9.17, 15) is 4.79 Å². The standard InChI is InChI=1S/C12H25N3O2/c1-3-15-7-4-11(5-8-15)14-12(16)10-13-6-9-17-2/h11,13H,3-10H2,1-2H3,(H,14,16). The van der Waals surface area contributed by atoms with E-state index in [-0.39, 0.29) is 5.91 Å². The molecule has 0 radical (unpaired) electrons. The van der Waals surface area contributed by atoms with E-state index < -0.39 is 0 Å². The lowest BCUT2D eigenvalue weighted by Crippen LogP contribution is -2.47. The van der Waals surface area contributed by atoms with Gasteiger partial charge in [0.2, 0.25) is 5.91 Å². The topological polar surface area (TPSA) is 53.6 Å². The van der Waals surface area contributed by atoms with Gasteiger partial charge in [-0.2, -0.15) is 0 Å². The second kappa shape index (κ2) is 8.44. The van der Waals surface area contributed by atoms with E-state index in [0.29, 0.717) is 19.2 Å². The maximum Gasteiger partial charge on any atom is 0.234 e. The molecule has 0 bridgehead atoms. The fraction of sp³-hybridized carbons (Fsp3) is 0.917. The lowest BCUT2D eigenvalue weighted by molar-refractivity contribution is -0.121. The quantitative estimate of drug-likeness (QED) is 0.609. The fourth-order valence-electron chi connectivity index (χ4n) is 2.05. The molecule has 5 heteroatoms. The molecule has 0 atom stereocenters. The van der Waals surface area contributed by atoms with Crippen LogP contribution in [0, 0.1) is 0 Å². The van der Waals surface area contributed by atoms with Crippen molar-refractivity contribution < 1.29 is 9.53 Å². The average molecular weight is 243 g/mol. The van der Waals surface area contributed by atoms with Gasteiger partial charge < -0.3 is 20.3 Å². The maximum absolute atomic E-state index is 11.6. The molecule has 1 rings (SSSR count). The van der Waals surface area contributed by atoms with Gasteiger partial charge in [0.15, 0.2) is 0 Å². The first-order chi connectivity index (χ1) is 8.26. The first kappa shape index (κ1) is 14.4. The highest BCUT2D eigenvalue weighted by atomic mass is 16.5. The summed E-state index contributed by atoms with van der Waals surface area (Å²) in [6.07, 6.45) is 2.13. The van der Waals surface area contributed by atoms with E-state index >= 15 is 0 Å². The van der Waals surface area contributed by atoms with Crippen molar-refractivity contribution in [1.82, 2.24) is 15.5 Å². The van der Waals surface area contributed by atoms with Crippen LogP contribution in [0.2, 0.25) is 0 Å². The average Bonchev–Trinajstić information content (AvgIpc) is 2.36. The van der Waals surface area contributed by atoms with Crippen molar-refractivity contribution in [2.75, 3.05) is 46.4 Å². The number of rotatable bonds is 7. The van der Waals surface area contributed by atoms with Crippen LogP contribution in [0.5, 0.6) is 0 Å². The van der Waals surface area contributed by atoms with Gasteiger partial charge in [-0.1, -0.05) is 6.92 Å². The molecule has 0 saturated carbocycles. The number of nitrogens with zero attached hydrogens (tertiary/aromatic N) is 1. The number of amides is 1. The van der Waals surface area contributed by atoms with Gasteiger partial charge in [-0.3, -0.25) is 4.79 Å². The van der Waals surface area contributed by atoms with Gasteiger partial charge in [0.1, 0.15) is 0 Å². The molecule has 1 aliphatic heterocycles. The Labute approximate surface area is 104 Å². The minimum atomic E-state index is 0.0936. The number of hydrogen-bond acceptors (Lipinski definition) is 4. The molecule has 0 aromatic heterocycles. The number of piperidine rings is 1. The van der Waals surface area contributed by atoms with Crippen molar-refractivity contribution in [3.05, 3.63) is 0 Å². The number of methoxy groups -OCH3 is 1. The van der Waals surface area contributed by atoms with Crippen LogP contribution in [0.4, 0.5) is 0 Å². The molecule has 1 saturated heterocycles. The summed E-state index contributed by atoms with van der Waals surface area (Å²) in [6.45, 7) is 7.23. The van der Waals surface area contributed by atoms with Gasteiger partial charge in [0, 0.05) is 32.8 Å². The van der Waals surface area contributed by atoms with E-state index in [0.717, 1.165) is 39.0 Å². The first-order valence-electron chi connectivity index (χ1n) is 6.47. The summed E-state index contributed by atoms with van der Waals surface area (Å²) >= 11 is 0. The second-order valence-electron chi connectivity index (χ2n) is 4.45. The smallest absolute Gasteiger partial charge is 0.234 e. The van der Waals surface area contributed by atoms with Crippen molar-refractivity contribution in [3.63, 3.8) is 0 Å². The Morgan fingerprint density at radius 2 is 2.12 bits per heavy atom. The summed E-state index contributed by atoms with van der Waals surface area (Å²) in [5.41, 5.74) is 0. The molecule has 1 heterocycles. The van der Waals surface area contributed by atoms with Gasteiger partial charge in [-0.25, -0.2) is 0 Å². The molecule has 17 heavy (non-hydrogen) atoms. The highest BCUT2D eigenvalue weighted by Gasteiger charge is 2.19. The Bertz CT molecular complexity index is 216. The summed E-state index contributed by atoms with van der Waals surface area (Å²) in [6, 6.07) is 0.356. The molecule has 0 aromatic rings. The van der Waals surface area contributed by atoms with Crippen molar-refractivity contribution in [2.45, 2.75) is 25.8 Å². The molecular formula is C12H25N3O2. The Balaban J connectivity index is 2.06. The molecule has 0 aromatic carbocycles. The number of hydrogen-bond donors (Lipinski definition) is 2. The number of likely N-dealkylation sites (tertiary alicyclic amines) is 1. The summed E-state index contributed by atoms with van der Waals surface area (Å²) < 4.78 is 4.90. The molecule has 5 nitrogen and oxygen atoms in total. The molecule has 1 amide bonds. The van der Waals surface area contributed by atoms with Gasteiger partial charge in [0.05, 0.1) is 13.2 Å². The van der Waals surface area contributed by atoms with Crippen molar-refractivity contribution >= 4 is 5.91 Å². The van der Waals surface area contributed by atoms with Crippen LogP contribution >= 0.6 is 0 Å². The minimum Gasteiger partial charge on any atom is -0.383 e. The molecule has 1 fully saturated rings. The van der Waals surface area contributed by atoms with Gasteiger partial charge in [-0.15, -0.1) is 0 Å². The Morgan fingerprint density at radius 1 is 1.41 bits per heavy atom. The fourth-order valence-corrected chi connectivity index (χ4v) is 2.05. The SMILES string of the molecule is CCN1CCC(NC(=O)CNCCOC)CC1. The van der Waals surface area contributed by atoms with Crippen LogP contribution in [-0.4, -0.2) is 63.3 Å². The van der Waals surface area contributed by atoms with E-state index in [1.54, 1.807) is 7.11 Å². The van der Waals surface area contributed by atoms with Crippen LogP contribution in [0.3, 0.4) is 0 Å². The van der Waals surface area contributed by atoms with Crippen LogP contribution in [0.1, 0.15) is 19.8 Å². The van der Waals surface area contributed by atoms with E-state index in [1.165, 1.54) is 0 Å². The lowest BCUT2D eigenvalue weighted by atomic mass is 10.1. The molecule has 2 N–H and O–H groups in total. The molecule has 0 aliphatic carbocycles. The third kappa shape index (κ3) is 6.00. The number of carbonyl (C=O) groups excluding carboxylic acids is 1. The zero-order valence-electron chi connectivity index (χ0n) is 11.0. The number of nitrogens with one attached hydrogen (secondary N) is 2. The van der Waals surface area contributed by atoms with Crippen molar-refractivity contribution in [3.8, 4) is 0 Å². The number of carbonyl (C=O) groups is 1. The van der Waals surface area contributed by atoms with E-state index in [1.807, 2.05) is 0 Å². The normalized spacial score (nSPS) is 18.2. The number of ether oxygens (including phenoxy) is 1. The van der Waals surface area contributed by atoms with Crippen molar-refractivity contribution in [2.24, 2.45) is 0 Å². The maximum atomic E-state index is 11.6. The third-order valence-corrected chi connectivity index (χ3v) is 3.17. The summed E-state index contributed by atoms with van der Waals surface area (Å²) in [4.78, 5) is 14.0. The first-order valence-corrected chi connectivity index (χ1v) is 6.47. The van der Waals surface area contributed by atoms with Crippen LogP contribution in [0.25, 0.3) is 0 Å². The molecule has 0 spiro atoms. The molecule has 0 unspecified atom stereocenters. The van der Waals surface area contributed by atoms with Crippen LogP contribution in [-0.2, 0) is 9.53 Å². The second-order valence-corrected chi connectivity index (χ2v) is 4.45. The summed E-state index contributed by atoms with van der Waals surface area (Å²) in [7, 11) is 1.66. The lowest BCUT2D eigenvalue weighted by Gasteiger charge is -2.31. The molecule has 100 valence electrons. The largest absolute Gasteiger partial charge is 0.383 e. The highest BCUT2D eigenvalue weighted by molar-refractivity contribution is 5.78. The Kier molecular flexibility index (Phi) is 7.16. The predicted octanol–water partition coefficient (Wildman–Crippen LogP) is -0.177. The van der Waals surface area contributed by atoms with Gasteiger partial charge in [0.25, 0.3) is 0 Å². The van der Waals surface area contributed by atoms with Gasteiger partial charge in [-0.05, 0) is 19.4 Å². The van der Waals surface area contributed by atoms with Crippen LogP contribution < -0.4 is 10.6 Å². The zero-order valence-corrected chi connectivity index (χ0v) is 11.0. The molecule has 1 aliphatic rings. The molecular weight excluding hydrogens is 218 g/mol. The van der Waals surface area contributed by atoms with Crippen LogP contribution in [0.15, 0.2) is 0 Å².